The summed E-state index contributed by atoms with van der Waals surface area (Å²) in [6.45, 7) is 0.507. The predicted octanol–water partition coefficient (Wildman–Crippen LogP) is 3.41. The van der Waals surface area contributed by atoms with Gasteiger partial charge in [-0.3, -0.25) is 9.59 Å². The molecule has 0 saturated carbocycles. The Labute approximate surface area is 168 Å². The second-order valence-corrected chi connectivity index (χ2v) is 7.63. The molecular formula is C23H21N3O3. The van der Waals surface area contributed by atoms with Gasteiger partial charge in [0, 0.05) is 12.2 Å². The first kappa shape index (κ1) is 17.7. The normalized spacial score (nSPS) is 22.7. The largest absolute Gasteiger partial charge is 0.451 e. The lowest BCUT2D eigenvalue weighted by Crippen LogP contribution is -2.49. The predicted molar refractivity (Wildman–Crippen MR) is 107 cm³/mol. The number of anilines is 1. The van der Waals surface area contributed by atoms with E-state index in [1.165, 1.54) is 18.2 Å². The monoisotopic (exact) mass is 387 g/mol. The summed E-state index contributed by atoms with van der Waals surface area (Å²) in [4.78, 5) is 32.3. The molecule has 0 aliphatic carbocycles. The third-order valence-corrected chi connectivity index (χ3v) is 6.21. The number of rotatable bonds is 4. The fourth-order valence-electron chi connectivity index (χ4n) is 4.86. The van der Waals surface area contributed by atoms with Crippen molar-refractivity contribution in [1.82, 2.24) is 9.88 Å². The van der Waals surface area contributed by atoms with Crippen LogP contribution in [0, 0.1) is 0 Å². The molecule has 2 aliphatic rings. The van der Waals surface area contributed by atoms with E-state index in [2.05, 4.69) is 22.4 Å². The van der Waals surface area contributed by atoms with Gasteiger partial charge in [0.25, 0.3) is 5.91 Å². The molecule has 0 unspecified atom stereocenters. The Balaban J connectivity index is 1.54. The van der Waals surface area contributed by atoms with E-state index in [1.54, 1.807) is 0 Å². The first-order valence-electron chi connectivity index (χ1n) is 9.84. The first-order chi connectivity index (χ1) is 14.2. The number of likely N-dealkylation sites (tertiary alicyclic amines) is 1. The van der Waals surface area contributed by atoms with E-state index >= 15 is 0 Å². The van der Waals surface area contributed by atoms with Crippen LogP contribution in [0.2, 0.25) is 0 Å². The molecule has 2 aromatic carbocycles. The molecule has 6 heteroatoms. The molecule has 2 atom stereocenters. The Kier molecular flexibility index (Phi) is 4.19. The molecule has 5 rings (SSSR count). The molecule has 6 nitrogen and oxygen atoms in total. The quantitative estimate of drug-likeness (QED) is 0.744. The molecule has 2 amide bonds. The summed E-state index contributed by atoms with van der Waals surface area (Å²) >= 11 is 0. The van der Waals surface area contributed by atoms with Gasteiger partial charge in [-0.2, -0.15) is 0 Å². The standard InChI is InChI=1S/C23H21N3O3/c27-21(19-14-29-15-24-19)26-13-12-23(17-8-4-5-9-18(17)25-22(23)28)20(26)11-10-16-6-2-1-3-7-16/h1-9,14-15,20H,10-13H2,(H,25,28)/t20-,23-/m0/s1. The maximum Gasteiger partial charge on any atom is 0.276 e. The van der Waals surface area contributed by atoms with Gasteiger partial charge in [-0.1, -0.05) is 48.5 Å². The molecule has 3 heterocycles. The second-order valence-electron chi connectivity index (χ2n) is 7.63. The lowest BCUT2D eigenvalue weighted by molar-refractivity contribution is -0.121. The van der Waals surface area contributed by atoms with Crippen LogP contribution in [0.5, 0.6) is 0 Å². The number of hydrogen-bond acceptors (Lipinski definition) is 4. The van der Waals surface area contributed by atoms with Crippen molar-refractivity contribution in [2.75, 3.05) is 11.9 Å². The topological polar surface area (TPSA) is 75.4 Å². The second kappa shape index (κ2) is 6.88. The first-order valence-corrected chi connectivity index (χ1v) is 9.84. The van der Waals surface area contributed by atoms with Gasteiger partial charge in [0.05, 0.1) is 11.5 Å². The number of hydrogen-bond donors (Lipinski definition) is 1. The van der Waals surface area contributed by atoms with Crippen molar-refractivity contribution in [3.63, 3.8) is 0 Å². The van der Waals surface area contributed by atoms with Gasteiger partial charge in [0.1, 0.15) is 6.26 Å². The zero-order valence-corrected chi connectivity index (χ0v) is 15.9. The summed E-state index contributed by atoms with van der Waals surface area (Å²) in [5, 5.41) is 3.04. The molecule has 2 aliphatic heterocycles. The third kappa shape index (κ3) is 2.75. The average molecular weight is 387 g/mol. The molecule has 1 aromatic heterocycles. The van der Waals surface area contributed by atoms with Gasteiger partial charge in [-0.25, -0.2) is 4.98 Å². The number of nitrogens with one attached hydrogen (secondary N) is 1. The fourth-order valence-corrected chi connectivity index (χ4v) is 4.86. The molecule has 0 radical (unpaired) electrons. The average Bonchev–Trinajstić information content (AvgIpc) is 3.47. The molecule has 3 aromatic rings. The maximum absolute atomic E-state index is 13.2. The van der Waals surface area contributed by atoms with Crippen molar-refractivity contribution in [2.24, 2.45) is 0 Å². The van der Waals surface area contributed by atoms with Crippen molar-refractivity contribution >= 4 is 17.5 Å². The molecule has 1 fully saturated rings. The highest BCUT2D eigenvalue weighted by atomic mass is 16.3. The van der Waals surface area contributed by atoms with Gasteiger partial charge >= 0.3 is 0 Å². The molecule has 1 spiro atoms. The number of fused-ring (bicyclic) bond motifs is 2. The highest BCUT2D eigenvalue weighted by molar-refractivity contribution is 6.08. The Morgan fingerprint density at radius 2 is 1.97 bits per heavy atom. The van der Waals surface area contributed by atoms with Crippen molar-refractivity contribution in [3.05, 3.63) is 84.1 Å². The number of oxazole rings is 1. The SMILES string of the molecule is O=C(c1cocn1)N1CC[C@@]2(C(=O)Nc3ccccc32)[C@@H]1CCc1ccccc1. The van der Waals surface area contributed by atoms with Crippen LogP contribution < -0.4 is 5.32 Å². The van der Waals surface area contributed by atoms with Crippen molar-refractivity contribution in [2.45, 2.75) is 30.7 Å². The van der Waals surface area contributed by atoms with Crippen LogP contribution in [-0.2, 0) is 16.6 Å². The van der Waals surface area contributed by atoms with Gasteiger partial charge in [-0.15, -0.1) is 0 Å². The highest BCUT2D eigenvalue weighted by Gasteiger charge is 2.58. The summed E-state index contributed by atoms with van der Waals surface area (Å²) in [6, 6.07) is 17.7. The molecule has 29 heavy (non-hydrogen) atoms. The van der Waals surface area contributed by atoms with Crippen molar-refractivity contribution in [1.29, 1.82) is 0 Å². The van der Waals surface area contributed by atoms with Crippen LogP contribution in [0.15, 0.2) is 71.7 Å². The summed E-state index contributed by atoms with van der Waals surface area (Å²) in [5.74, 6) is -0.210. The lowest BCUT2D eigenvalue weighted by Gasteiger charge is -2.34. The number of carbonyl (C=O) groups excluding carboxylic acids is 2. The Bertz CT molecular complexity index is 1050. The fraction of sp³-hybridized carbons (Fsp3) is 0.261. The van der Waals surface area contributed by atoms with E-state index in [-0.39, 0.29) is 23.6 Å². The number of aryl methyl sites for hydroxylation is 1. The van der Waals surface area contributed by atoms with Gasteiger partial charge in [-0.05, 0) is 36.5 Å². The van der Waals surface area contributed by atoms with Crippen LogP contribution in [-0.4, -0.2) is 34.3 Å². The van der Waals surface area contributed by atoms with Crippen LogP contribution in [0.3, 0.4) is 0 Å². The van der Waals surface area contributed by atoms with E-state index in [1.807, 2.05) is 47.4 Å². The Hall–Kier alpha value is -3.41. The minimum Gasteiger partial charge on any atom is -0.451 e. The summed E-state index contributed by atoms with van der Waals surface area (Å²) in [5.41, 5.74) is 2.56. The summed E-state index contributed by atoms with van der Waals surface area (Å²) in [6.07, 6.45) is 4.69. The number of nitrogens with zero attached hydrogens (tertiary/aromatic N) is 2. The van der Waals surface area contributed by atoms with Crippen LogP contribution in [0.4, 0.5) is 5.69 Å². The maximum atomic E-state index is 13.2. The summed E-state index contributed by atoms with van der Waals surface area (Å²) in [7, 11) is 0. The van der Waals surface area contributed by atoms with Crippen molar-refractivity contribution in [3.8, 4) is 0 Å². The number of amides is 2. The van der Waals surface area contributed by atoms with Gasteiger partial charge in [0.15, 0.2) is 12.1 Å². The van der Waals surface area contributed by atoms with Gasteiger partial charge in [0.2, 0.25) is 5.91 Å². The smallest absolute Gasteiger partial charge is 0.276 e. The molecule has 1 saturated heterocycles. The minimum absolute atomic E-state index is 0.0211. The zero-order chi connectivity index (χ0) is 19.8. The van der Waals surface area contributed by atoms with E-state index in [0.717, 1.165) is 17.7 Å². The highest BCUT2D eigenvalue weighted by Crippen LogP contribution is 2.49. The molecular weight excluding hydrogens is 366 g/mol. The Morgan fingerprint density at radius 1 is 1.17 bits per heavy atom. The van der Waals surface area contributed by atoms with E-state index < -0.39 is 5.41 Å². The van der Waals surface area contributed by atoms with Crippen LogP contribution in [0.25, 0.3) is 0 Å². The molecule has 0 bridgehead atoms. The third-order valence-electron chi connectivity index (χ3n) is 6.21. The number of carbonyl (C=O) groups is 2. The van der Waals surface area contributed by atoms with E-state index in [4.69, 9.17) is 4.42 Å². The van der Waals surface area contributed by atoms with Crippen LogP contribution in [0.1, 0.15) is 34.5 Å². The molecule has 146 valence electrons. The number of aromatic nitrogens is 1. The molecule has 1 N–H and O–H groups in total. The Morgan fingerprint density at radius 3 is 2.76 bits per heavy atom. The van der Waals surface area contributed by atoms with Gasteiger partial charge < -0.3 is 14.6 Å². The van der Waals surface area contributed by atoms with Crippen molar-refractivity contribution < 1.29 is 14.0 Å². The zero-order valence-electron chi connectivity index (χ0n) is 15.9. The lowest BCUT2D eigenvalue weighted by atomic mass is 9.73. The number of para-hydroxylation sites is 1. The van der Waals surface area contributed by atoms with Crippen LogP contribution >= 0.6 is 0 Å². The van der Waals surface area contributed by atoms with E-state index in [9.17, 15) is 9.59 Å². The van der Waals surface area contributed by atoms with E-state index in [0.29, 0.717) is 19.4 Å². The number of benzene rings is 2. The summed E-state index contributed by atoms with van der Waals surface area (Å²) < 4.78 is 5.02. The minimum atomic E-state index is -0.731.